The third-order valence-corrected chi connectivity index (χ3v) is 11.6. The maximum absolute atomic E-state index is 6.92. The second-order valence-corrected chi connectivity index (χ2v) is 13.6. The van der Waals surface area contributed by atoms with E-state index in [-0.39, 0.29) is 0 Å². The summed E-state index contributed by atoms with van der Waals surface area (Å²) in [4.78, 5) is 0. The molecule has 4 aromatic carbocycles. The summed E-state index contributed by atoms with van der Waals surface area (Å²) in [7, 11) is -1.59. The van der Waals surface area contributed by atoms with Crippen LogP contribution in [0.5, 0.6) is 11.5 Å². The molecule has 0 fully saturated rings. The lowest BCUT2D eigenvalue weighted by Crippen LogP contribution is -2.18. The highest BCUT2D eigenvalue weighted by Gasteiger charge is 2.25. The number of benzene rings is 4. The van der Waals surface area contributed by atoms with E-state index in [1.807, 2.05) is 12.2 Å². The Hall–Kier alpha value is -3.94. The zero-order chi connectivity index (χ0) is 26.3. The summed E-state index contributed by atoms with van der Waals surface area (Å²) in [6.07, 6.45) is 15.0. The molecule has 0 bridgehead atoms. The zero-order valence-electron chi connectivity index (χ0n) is 21.6. The largest absolute Gasteiger partial charge is 0.456 e. The van der Waals surface area contributed by atoms with Gasteiger partial charge in [0, 0.05) is 15.9 Å². The number of ether oxygens (including phenoxy) is 1. The Balaban J connectivity index is 1.46. The van der Waals surface area contributed by atoms with Crippen LogP contribution < -0.4 is 26.0 Å². The fraction of sp³-hybridized carbons (Fsp3) is 0.0556. The van der Waals surface area contributed by atoms with Crippen LogP contribution in [0.3, 0.4) is 0 Å². The highest BCUT2D eigenvalue weighted by atomic mass is 31.1. The minimum absolute atomic E-state index is 0.720. The number of rotatable bonds is 8. The Kier molecular flexibility index (Phi) is 7.98. The number of para-hydroxylation sites is 2. The van der Waals surface area contributed by atoms with E-state index in [4.69, 9.17) is 4.74 Å². The lowest BCUT2D eigenvalue weighted by atomic mass is 10.2. The summed E-state index contributed by atoms with van der Waals surface area (Å²) in [5.41, 5.74) is 6.56. The van der Waals surface area contributed by atoms with Gasteiger partial charge in [-0.2, -0.15) is 0 Å². The van der Waals surface area contributed by atoms with Gasteiger partial charge >= 0.3 is 0 Å². The zero-order valence-corrected chi connectivity index (χ0v) is 23.4. The molecule has 0 aliphatic heterocycles. The van der Waals surface area contributed by atoms with E-state index in [1.54, 1.807) is 0 Å². The second-order valence-electron chi connectivity index (χ2n) is 9.18. The monoisotopic (exact) mass is 538 g/mol. The van der Waals surface area contributed by atoms with Crippen LogP contribution >= 0.6 is 15.8 Å². The van der Waals surface area contributed by atoms with Gasteiger partial charge < -0.3 is 4.74 Å². The molecule has 2 aliphatic rings. The van der Waals surface area contributed by atoms with E-state index in [0.717, 1.165) is 29.7 Å². The van der Waals surface area contributed by atoms with Gasteiger partial charge in [-0.05, 0) is 68.9 Å². The fourth-order valence-electron chi connectivity index (χ4n) is 4.85. The van der Waals surface area contributed by atoms with E-state index in [1.165, 1.54) is 26.5 Å². The molecule has 6 rings (SSSR count). The van der Waals surface area contributed by atoms with E-state index in [0.29, 0.717) is 0 Å². The van der Waals surface area contributed by atoms with E-state index < -0.39 is 15.8 Å². The first-order chi connectivity index (χ1) is 19.4. The van der Waals surface area contributed by atoms with Crippen molar-refractivity contribution in [1.82, 2.24) is 0 Å². The first kappa shape index (κ1) is 25.3. The summed E-state index contributed by atoms with van der Waals surface area (Å²) in [5, 5.41) is 7.64. The molecule has 0 heterocycles. The van der Waals surface area contributed by atoms with Crippen LogP contribution in [0.15, 0.2) is 168 Å². The third kappa shape index (κ3) is 5.75. The van der Waals surface area contributed by atoms with Crippen LogP contribution in [-0.4, -0.2) is 0 Å². The molecule has 188 valence electrons. The summed E-state index contributed by atoms with van der Waals surface area (Å²) in [6, 6.07) is 38.6. The van der Waals surface area contributed by atoms with Gasteiger partial charge in [-0.15, -0.1) is 0 Å². The molecule has 0 saturated carbocycles. The van der Waals surface area contributed by atoms with Gasteiger partial charge in [0.25, 0.3) is 0 Å². The molecule has 0 saturated heterocycles. The van der Waals surface area contributed by atoms with E-state index in [9.17, 15) is 0 Å². The molecule has 4 aromatic rings. The molecular weight excluding hydrogens is 510 g/mol. The second kappa shape index (κ2) is 12.3. The van der Waals surface area contributed by atoms with Gasteiger partial charge in [-0.3, -0.25) is 0 Å². The Morgan fingerprint density at radius 3 is 1.79 bits per heavy atom. The molecule has 1 nitrogen and oxygen atoms in total. The molecule has 3 heteroatoms. The highest BCUT2D eigenvalue weighted by molar-refractivity contribution is 7.77. The van der Waals surface area contributed by atoms with Crippen molar-refractivity contribution in [2.45, 2.75) is 12.8 Å². The summed E-state index contributed by atoms with van der Waals surface area (Å²) in [5.74, 6) is 1.81. The Bertz CT molecular complexity index is 1650. The standard InChI is InChI=1S/C36H28OP2/c1-5-17-29(18-6-1)38(30-19-7-2-8-20-30)35-27-15-13-25-33(35)37-34-26-14-16-28-36(34)39(31-21-9-3-10-22-31)32-23-11-4-12-24-32/h1-7,9-11,13-19,21-23,25-28H,8,20H2. The summed E-state index contributed by atoms with van der Waals surface area (Å²) >= 11 is 0. The number of hydrogen-bond acceptors (Lipinski definition) is 1. The molecule has 0 N–H and O–H groups in total. The lowest BCUT2D eigenvalue weighted by molar-refractivity contribution is 0.490. The molecule has 0 radical (unpaired) electrons. The minimum atomic E-state index is -0.871. The molecule has 2 unspecified atom stereocenters. The maximum atomic E-state index is 6.92. The predicted molar refractivity (Wildman–Crippen MR) is 169 cm³/mol. The molecular formula is C36H28OP2. The van der Waals surface area contributed by atoms with Crippen molar-refractivity contribution in [2.24, 2.45) is 0 Å². The van der Waals surface area contributed by atoms with Crippen molar-refractivity contribution >= 4 is 37.1 Å². The van der Waals surface area contributed by atoms with Gasteiger partial charge in [-0.1, -0.05) is 133 Å². The van der Waals surface area contributed by atoms with Crippen LogP contribution in [0.25, 0.3) is 0 Å². The summed E-state index contributed by atoms with van der Waals surface area (Å²) in [6.45, 7) is 0. The lowest BCUT2D eigenvalue weighted by Gasteiger charge is -2.26. The van der Waals surface area contributed by atoms with Gasteiger partial charge in [0.2, 0.25) is 0 Å². The molecule has 2 aliphatic carbocycles. The van der Waals surface area contributed by atoms with Crippen molar-refractivity contribution in [1.29, 1.82) is 0 Å². The van der Waals surface area contributed by atoms with Gasteiger partial charge in [0.05, 0.1) is 0 Å². The molecule has 0 aromatic heterocycles. The van der Waals surface area contributed by atoms with Crippen LogP contribution in [-0.2, 0) is 0 Å². The Labute approximate surface area is 233 Å². The maximum Gasteiger partial charge on any atom is 0.135 e. The van der Waals surface area contributed by atoms with Crippen molar-refractivity contribution < 1.29 is 4.74 Å². The number of hydrogen-bond donors (Lipinski definition) is 0. The van der Waals surface area contributed by atoms with Crippen molar-refractivity contribution in [3.05, 3.63) is 168 Å². The first-order valence-electron chi connectivity index (χ1n) is 13.2. The van der Waals surface area contributed by atoms with Crippen LogP contribution in [0.4, 0.5) is 0 Å². The van der Waals surface area contributed by atoms with E-state index in [2.05, 4.69) is 145 Å². The predicted octanol–water partition coefficient (Wildman–Crippen LogP) is 8.34. The average Bonchev–Trinajstić information content (AvgIpc) is 3.01. The molecule has 39 heavy (non-hydrogen) atoms. The summed E-state index contributed by atoms with van der Waals surface area (Å²) < 4.78 is 6.92. The third-order valence-electron chi connectivity index (χ3n) is 6.61. The molecule has 2 atom stereocenters. The topological polar surface area (TPSA) is 9.23 Å². The van der Waals surface area contributed by atoms with E-state index >= 15 is 0 Å². The number of allylic oxidation sites excluding steroid dienone is 8. The van der Waals surface area contributed by atoms with Crippen molar-refractivity contribution in [3.8, 4) is 11.5 Å². The fourth-order valence-corrected chi connectivity index (χ4v) is 9.67. The van der Waals surface area contributed by atoms with Crippen LogP contribution in [0.1, 0.15) is 12.8 Å². The van der Waals surface area contributed by atoms with Crippen molar-refractivity contribution in [3.63, 3.8) is 0 Å². The normalized spacial score (nSPS) is 15.4. The Morgan fingerprint density at radius 1 is 0.615 bits per heavy atom. The van der Waals surface area contributed by atoms with Crippen LogP contribution in [0, 0.1) is 0 Å². The molecule has 0 amide bonds. The molecule has 0 spiro atoms. The first-order valence-corrected chi connectivity index (χ1v) is 15.9. The van der Waals surface area contributed by atoms with Crippen molar-refractivity contribution in [2.75, 3.05) is 0 Å². The smallest absolute Gasteiger partial charge is 0.135 e. The van der Waals surface area contributed by atoms with Crippen LogP contribution in [0.2, 0.25) is 0 Å². The average molecular weight is 539 g/mol. The Morgan fingerprint density at radius 2 is 1.21 bits per heavy atom. The van der Waals surface area contributed by atoms with Gasteiger partial charge in [0.1, 0.15) is 11.5 Å². The quantitative estimate of drug-likeness (QED) is 0.162. The minimum Gasteiger partial charge on any atom is -0.456 e. The van der Waals surface area contributed by atoms with Gasteiger partial charge in [-0.25, -0.2) is 0 Å². The SMILES string of the molecule is C1=C=C(P(c2ccccc2)c2ccccc2Oc2ccccc2P(C2=CC=CCC2)c2ccccc2)C=CC=1. The van der Waals surface area contributed by atoms with Gasteiger partial charge in [0.15, 0.2) is 0 Å². The highest BCUT2D eigenvalue weighted by Crippen LogP contribution is 2.50.